The van der Waals surface area contributed by atoms with E-state index in [1.807, 2.05) is 6.92 Å². The van der Waals surface area contributed by atoms with Gasteiger partial charge in [-0.1, -0.05) is 12.8 Å². The van der Waals surface area contributed by atoms with Crippen LogP contribution >= 0.6 is 0 Å². The predicted octanol–water partition coefficient (Wildman–Crippen LogP) is 1.54. The number of ether oxygens (including phenoxy) is 1. The van der Waals surface area contributed by atoms with E-state index < -0.39 is 0 Å². The van der Waals surface area contributed by atoms with E-state index in [0.29, 0.717) is 6.04 Å². The van der Waals surface area contributed by atoms with Gasteiger partial charge in [0.15, 0.2) is 0 Å². The molecule has 0 amide bonds. The molecule has 3 heteroatoms. The number of hydrogen-bond donors (Lipinski definition) is 1. The molecule has 0 aromatic heterocycles. The van der Waals surface area contributed by atoms with Gasteiger partial charge >= 0.3 is 0 Å². The Kier molecular flexibility index (Phi) is 2.71. The number of nitrogens with zero attached hydrogens (tertiary/aromatic N) is 1. The topological polar surface area (TPSA) is 33.6 Å². The molecule has 2 fully saturated rings. The average Bonchev–Trinajstić information content (AvgIpc) is 2.18. The third-order valence-corrected chi connectivity index (χ3v) is 2.95. The smallest absolute Gasteiger partial charge is 0.284 e. The van der Waals surface area contributed by atoms with Gasteiger partial charge in [-0.3, -0.25) is 0 Å². The summed E-state index contributed by atoms with van der Waals surface area (Å²) >= 11 is 0. The van der Waals surface area contributed by atoms with Gasteiger partial charge < -0.3 is 10.1 Å². The van der Waals surface area contributed by atoms with Crippen LogP contribution in [0.5, 0.6) is 0 Å². The van der Waals surface area contributed by atoms with Crippen molar-refractivity contribution in [1.82, 2.24) is 5.32 Å². The Bertz CT molecular complexity index is 203. The molecule has 2 aliphatic rings. The Morgan fingerprint density at radius 3 is 3.15 bits per heavy atom. The Hall–Kier alpha value is -0.730. The SMILES string of the molecule is CCN=C1N[C@H]2CCCC[C@H]2CO1. The molecule has 74 valence electrons. The van der Waals surface area contributed by atoms with Crippen molar-refractivity contribution in [3.63, 3.8) is 0 Å². The van der Waals surface area contributed by atoms with Gasteiger partial charge in [-0.05, 0) is 19.8 Å². The highest BCUT2D eigenvalue weighted by Gasteiger charge is 2.30. The molecule has 2 atom stereocenters. The van der Waals surface area contributed by atoms with E-state index in [4.69, 9.17) is 4.74 Å². The van der Waals surface area contributed by atoms with E-state index in [-0.39, 0.29) is 0 Å². The molecule has 13 heavy (non-hydrogen) atoms. The summed E-state index contributed by atoms with van der Waals surface area (Å²) in [6.07, 6.45) is 5.33. The number of aliphatic imine (C=N–C) groups is 1. The van der Waals surface area contributed by atoms with Gasteiger partial charge in [0.25, 0.3) is 6.02 Å². The van der Waals surface area contributed by atoms with E-state index in [0.717, 1.165) is 25.1 Å². The normalized spacial score (nSPS) is 36.2. The highest BCUT2D eigenvalue weighted by molar-refractivity contribution is 5.74. The molecule has 0 radical (unpaired) electrons. The summed E-state index contributed by atoms with van der Waals surface area (Å²) in [5.41, 5.74) is 0. The van der Waals surface area contributed by atoms with Gasteiger partial charge in [0.05, 0.1) is 6.61 Å². The molecule has 0 aromatic carbocycles. The molecule has 2 rings (SSSR count). The third-order valence-electron chi connectivity index (χ3n) is 2.95. The zero-order valence-electron chi connectivity index (χ0n) is 8.25. The number of hydrogen-bond acceptors (Lipinski definition) is 2. The van der Waals surface area contributed by atoms with E-state index in [2.05, 4.69) is 10.3 Å². The number of nitrogens with one attached hydrogen (secondary N) is 1. The highest BCUT2D eigenvalue weighted by atomic mass is 16.5. The maximum atomic E-state index is 5.53. The number of amidine groups is 1. The lowest BCUT2D eigenvalue weighted by molar-refractivity contribution is 0.124. The number of fused-ring (bicyclic) bond motifs is 1. The second-order valence-corrected chi connectivity index (χ2v) is 3.89. The molecule has 1 saturated carbocycles. The van der Waals surface area contributed by atoms with Crippen LogP contribution in [0.4, 0.5) is 0 Å². The lowest BCUT2D eigenvalue weighted by Gasteiger charge is -2.36. The van der Waals surface area contributed by atoms with Crippen molar-refractivity contribution in [2.24, 2.45) is 10.9 Å². The average molecular weight is 182 g/mol. The van der Waals surface area contributed by atoms with E-state index in [1.54, 1.807) is 0 Å². The fraction of sp³-hybridized carbons (Fsp3) is 0.900. The second-order valence-electron chi connectivity index (χ2n) is 3.89. The molecule has 1 N–H and O–H groups in total. The fourth-order valence-electron chi connectivity index (χ4n) is 2.22. The van der Waals surface area contributed by atoms with Crippen LogP contribution in [0, 0.1) is 5.92 Å². The van der Waals surface area contributed by atoms with Crippen LogP contribution in [0.25, 0.3) is 0 Å². The molecule has 0 spiro atoms. The first-order valence-electron chi connectivity index (χ1n) is 5.34. The minimum atomic E-state index is 0.632. The van der Waals surface area contributed by atoms with E-state index in [1.165, 1.54) is 25.7 Å². The first kappa shape index (κ1) is 8.85. The van der Waals surface area contributed by atoms with Crippen molar-refractivity contribution in [3.8, 4) is 0 Å². The zero-order chi connectivity index (χ0) is 9.10. The molecule has 1 saturated heterocycles. The largest absolute Gasteiger partial charge is 0.465 e. The summed E-state index contributed by atoms with van der Waals surface area (Å²) in [6, 6.07) is 1.40. The second kappa shape index (κ2) is 3.99. The standard InChI is InChI=1S/C10H18N2O/c1-2-11-10-12-9-6-4-3-5-8(9)7-13-10/h8-9H,2-7H2,1H3,(H,11,12)/t8-,9-/m0/s1. The predicted molar refractivity (Wildman–Crippen MR) is 52.8 cm³/mol. The van der Waals surface area contributed by atoms with E-state index >= 15 is 0 Å². The van der Waals surface area contributed by atoms with Crippen LogP contribution < -0.4 is 5.32 Å². The zero-order valence-corrected chi connectivity index (χ0v) is 8.25. The van der Waals surface area contributed by atoms with Crippen molar-refractivity contribution in [1.29, 1.82) is 0 Å². The Morgan fingerprint density at radius 1 is 1.46 bits per heavy atom. The summed E-state index contributed by atoms with van der Waals surface area (Å²) in [6.45, 7) is 3.71. The van der Waals surface area contributed by atoms with Crippen molar-refractivity contribution in [2.45, 2.75) is 38.6 Å². The maximum Gasteiger partial charge on any atom is 0.284 e. The molecule has 0 aromatic rings. The van der Waals surface area contributed by atoms with Crippen molar-refractivity contribution >= 4 is 6.02 Å². The van der Waals surface area contributed by atoms with Crippen LogP contribution in [-0.4, -0.2) is 25.2 Å². The van der Waals surface area contributed by atoms with Crippen molar-refractivity contribution in [3.05, 3.63) is 0 Å². The van der Waals surface area contributed by atoms with Gasteiger partial charge in [0, 0.05) is 18.5 Å². The van der Waals surface area contributed by atoms with Crippen LogP contribution in [0.2, 0.25) is 0 Å². The Morgan fingerprint density at radius 2 is 2.31 bits per heavy atom. The molecule has 1 heterocycles. The van der Waals surface area contributed by atoms with Gasteiger partial charge in [0.2, 0.25) is 0 Å². The summed E-state index contributed by atoms with van der Waals surface area (Å²) < 4.78 is 5.53. The minimum absolute atomic E-state index is 0.632. The lowest BCUT2D eigenvalue weighted by atomic mass is 9.84. The van der Waals surface area contributed by atoms with Gasteiger partial charge in [0.1, 0.15) is 0 Å². The first-order valence-corrected chi connectivity index (χ1v) is 5.34. The Balaban J connectivity index is 1.95. The first-order chi connectivity index (χ1) is 6.40. The monoisotopic (exact) mass is 182 g/mol. The molecule has 1 aliphatic heterocycles. The van der Waals surface area contributed by atoms with Crippen LogP contribution in [0.15, 0.2) is 4.99 Å². The van der Waals surface area contributed by atoms with E-state index in [9.17, 15) is 0 Å². The summed E-state index contributed by atoms with van der Waals surface area (Å²) in [5.74, 6) is 0.726. The van der Waals surface area contributed by atoms with Crippen LogP contribution in [0.3, 0.4) is 0 Å². The minimum Gasteiger partial charge on any atom is -0.465 e. The fourth-order valence-corrected chi connectivity index (χ4v) is 2.22. The molecule has 0 unspecified atom stereocenters. The molecular weight excluding hydrogens is 164 g/mol. The third kappa shape index (κ3) is 1.95. The van der Waals surface area contributed by atoms with Crippen molar-refractivity contribution < 1.29 is 4.74 Å². The Labute approximate surface area is 79.6 Å². The number of rotatable bonds is 1. The lowest BCUT2D eigenvalue weighted by Crippen LogP contribution is -2.50. The highest BCUT2D eigenvalue weighted by Crippen LogP contribution is 2.26. The molecular formula is C10H18N2O. The molecule has 1 aliphatic carbocycles. The van der Waals surface area contributed by atoms with Gasteiger partial charge in [-0.15, -0.1) is 0 Å². The summed E-state index contributed by atoms with van der Waals surface area (Å²) in [7, 11) is 0. The molecule has 3 nitrogen and oxygen atoms in total. The van der Waals surface area contributed by atoms with Crippen molar-refractivity contribution in [2.75, 3.05) is 13.2 Å². The molecule has 0 bridgehead atoms. The summed E-state index contributed by atoms with van der Waals surface area (Å²) in [4.78, 5) is 4.26. The summed E-state index contributed by atoms with van der Waals surface area (Å²) in [5, 5.41) is 3.38. The quantitative estimate of drug-likeness (QED) is 0.667. The van der Waals surface area contributed by atoms with Crippen LogP contribution in [-0.2, 0) is 4.74 Å². The maximum absolute atomic E-state index is 5.53. The van der Waals surface area contributed by atoms with Gasteiger partial charge in [-0.25, -0.2) is 4.99 Å². The van der Waals surface area contributed by atoms with Crippen LogP contribution in [0.1, 0.15) is 32.6 Å². The van der Waals surface area contributed by atoms with Gasteiger partial charge in [-0.2, -0.15) is 0 Å².